The van der Waals surface area contributed by atoms with Gasteiger partial charge in [-0.3, -0.25) is 4.79 Å². The van der Waals surface area contributed by atoms with Gasteiger partial charge >= 0.3 is 0 Å². The number of hydrogen-bond acceptors (Lipinski definition) is 3. The fourth-order valence-electron chi connectivity index (χ4n) is 2.29. The van der Waals surface area contributed by atoms with Crippen LogP contribution in [0, 0.1) is 10.5 Å². The van der Waals surface area contributed by atoms with E-state index < -0.39 is 15.6 Å². The molecule has 0 heterocycles. The predicted molar refractivity (Wildman–Crippen MR) is 103 cm³/mol. The van der Waals surface area contributed by atoms with Crippen molar-refractivity contribution in [3.05, 3.63) is 63.2 Å². The maximum Gasteiger partial charge on any atom is 0.238 e. The van der Waals surface area contributed by atoms with Crippen LogP contribution >= 0.6 is 22.6 Å². The molecule has 2 aromatic rings. The summed E-state index contributed by atoms with van der Waals surface area (Å²) in [5, 5.41) is 0. The summed E-state index contributed by atoms with van der Waals surface area (Å²) >= 11 is 2.22. The highest BCUT2D eigenvalue weighted by Crippen LogP contribution is 2.16. The van der Waals surface area contributed by atoms with Crippen LogP contribution in [-0.2, 0) is 21.2 Å². The first-order valence-corrected chi connectivity index (χ1v) is 10.4. The van der Waals surface area contributed by atoms with Gasteiger partial charge in [0.1, 0.15) is 5.75 Å². The van der Waals surface area contributed by atoms with Gasteiger partial charge in [0.2, 0.25) is 5.91 Å². The molecule has 128 valence electrons. The molecule has 0 fully saturated rings. The van der Waals surface area contributed by atoms with E-state index in [4.69, 9.17) is 0 Å². The Bertz CT molecular complexity index is 816. The minimum absolute atomic E-state index is 0.187. The second kappa shape index (κ2) is 8.11. The van der Waals surface area contributed by atoms with Gasteiger partial charge < -0.3 is 4.90 Å². The standard InChI is InChI=1S/C18H20INO3S/c1-3-20(12-15-6-4-5-7-17(15)19)18(21)13-24(22,23)16-10-8-14(2)9-11-16/h4-11H,3,12-13H2,1-2H3. The molecule has 6 heteroatoms. The van der Waals surface area contributed by atoms with Gasteiger partial charge in [0.15, 0.2) is 9.84 Å². The lowest BCUT2D eigenvalue weighted by molar-refractivity contribution is -0.128. The molecule has 0 saturated heterocycles. The molecule has 4 nitrogen and oxygen atoms in total. The van der Waals surface area contributed by atoms with Gasteiger partial charge in [-0.15, -0.1) is 0 Å². The number of nitrogens with zero attached hydrogens (tertiary/aromatic N) is 1. The summed E-state index contributed by atoms with van der Waals surface area (Å²) in [4.78, 5) is 14.2. The molecule has 0 aliphatic carbocycles. The smallest absolute Gasteiger partial charge is 0.238 e. The molecule has 0 N–H and O–H groups in total. The first-order chi connectivity index (χ1) is 11.3. The molecule has 0 aromatic heterocycles. The lowest BCUT2D eigenvalue weighted by Gasteiger charge is -2.21. The number of aryl methyl sites for hydroxylation is 1. The van der Waals surface area contributed by atoms with Gasteiger partial charge in [-0.05, 0) is 60.2 Å². The second-order valence-electron chi connectivity index (χ2n) is 5.57. The number of carbonyl (C=O) groups excluding carboxylic acids is 1. The molecule has 0 aliphatic rings. The van der Waals surface area contributed by atoms with Crippen LogP contribution < -0.4 is 0 Å². The van der Waals surface area contributed by atoms with Crippen LogP contribution in [0.3, 0.4) is 0 Å². The van der Waals surface area contributed by atoms with Gasteiger partial charge in [0.25, 0.3) is 0 Å². The summed E-state index contributed by atoms with van der Waals surface area (Å²) in [6.45, 7) is 4.62. The van der Waals surface area contributed by atoms with E-state index in [1.165, 1.54) is 0 Å². The van der Waals surface area contributed by atoms with Crippen LogP contribution in [-0.4, -0.2) is 31.5 Å². The highest BCUT2D eigenvalue weighted by Gasteiger charge is 2.23. The van der Waals surface area contributed by atoms with E-state index in [1.807, 2.05) is 38.1 Å². The molecule has 0 bridgehead atoms. The molecule has 1 amide bonds. The van der Waals surface area contributed by atoms with Crippen molar-refractivity contribution in [2.45, 2.75) is 25.3 Å². The average molecular weight is 457 g/mol. The molecular weight excluding hydrogens is 437 g/mol. The average Bonchev–Trinajstić information content (AvgIpc) is 2.54. The fraction of sp³-hybridized carbons (Fsp3) is 0.278. The zero-order chi connectivity index (χ0) is 17.7. The first kappa shape index (κ1) is 18.9. The largest absolute Gasteiger partial charge is 0.338 e. The van der Waals surface area contributed by atoms with Gasteiger partial charge in [0.05, 0.1) is 4.90 Å². The van der Waals surface area contributed by atoms with Crippen LogP contribution in [0.2, 0.25) is 0 Å². The van der Waals surface area contributed by atoms with Gasteiger partial charge in [-0.2, -0.15) is 0 Å². The minimum atomic E-state index is -3.63. The Morgan fingerprint density at radius 1 is 1.08 bits per heavy atom. The lowest BCUT2D eigenvalue weighted by atomic mass is 10.2. The van der Waals surface area contributed by atoms with Crippen molar-refractivity contribution in [2.75, 3.05) is 12.3 Å². The van der Waals surface area contributed by atoms with Crippen LogP contribution in [0.5, 0.6) is 0 Å². The van der Waals surface area contributed by atoms with Gasteiger partial charge in [-0.25, -0.2) is 8.42 Å². The van der Waals surface area contributed by atoms with Crippen molar-refractivity contribution in [3.8, 4) is 0 Å². The monoisotopic (exact) mass is 457 g/mol. The zero-order valence-corrected chi connectivity index (χ0v) is 16.7. The van der Waals surface area contributed by atoms with Crippen LogP contribution in [0.4, 0.5) is 0 Å². The summed E-state index contributed by atoms with van der Waals surface area (Å²) in [5.74, 6) is -0.884. The van der Waals surface area contributed by atoms with Crippen molar-refractivity contribution < 1.29 is 13.2 Å². The third-order valence-electron chi connectivity index (χ3n) is 3.75. The Hall–Kier alpha value is -1.41. The van der Waals surface area contributed by atoms with Crippen molar-refractivity contribution in [2.24, 2.45) is 0 Å². The van der Waals surface area contributed by atoms with Gasteiger partial charge in [-0.1, -0.05) is 35.9 Å². The van der Waals surface area contributed by atoms with Crippen molar-refractivity contribution >= 4 is 38.3 Å². The number of sulfone groups is 1. The maximum absolute atomic E-state index is 12.5. The summed E-state index contributed by atoms with van der Waals surface area (Å²) in [5.41, 5.74) is 2.00. The van der Waals surface area contributed by atoms with E-state index in [2.05, 4.69) is 22.6 Å². The highest BCUT2D eigenvalue weighted by atomic mass is 127. The molecule has 24 heavy (non-hydrogen) atoms. The molecule has 0 aliphatic heterocycles. The highest BCUT2D eigenvalue weighted by molar-refractivity contribution is 14.1. The summed E-state index contributed by atoms with van der Waals surface area (Å²) in [7, 11) is -3.63. The van der Waals surface area contributed by atoms with Crippen LogP contribution in [0.25, 0.3) is 0 Å². The molecule has 0 atom stereocenters. The van der Waals surface area contributed by atoms with E-state index in [1.54, 1.807) is 29.2 Å². The van der Waals surface area contributed by atoms with Crippen molar-refractivity contribution in [1.29, 1.82) is 0 Å². The number of hydrogen-bond donors (Lipinski definition) is 0. The van der Waals surface area contributed by atoms with E-state index in [-0.39, 0.29) is 10.8 Å². The normalized spacial score (nSPS) is 11.3. The Labute approximate surface area is 156 Å². The summed E-state index contributed by atoms with van der Waals surface area (Å²) in [6, 6.07) is 14.3. The van der Waals surface area contributed by atoms with Crippen molar-refractivity contribution in [3.63, 3.8) is 0 Å². The first-order valence-electron chi connectivity index (χ1n) is 7.64. The van der Waals surface area contributed by atoms with Crippen LogP contribution in [0.1, 0.15) is 18.1 Å². The summed E-state index contributed by atoms with van der Waals surface area (Å²) < 4.78 is 25.9. The number of amides is 1. The topological polar surface area (TPSA) is 54.5 Å². The SMILES string of the molecule is CCN(Cc1ccccc1I)C(=O)CS(=O)(=O)c1ccc(C)cc1. The molecule has 0 saturated carbocycles. The van der Waals surface area contributed by atoms with E-state index in [0.717, 1.165) is 14.7 Å². The quantitative estimate of drug-likeness (QED) is 0.625. The maximum atomic E-state index is 12.5. The minimum Gasteiger partial charge on any atom is -0.338 e. The Morgan fingerprint density at radius 2 is 1.71 bits per heavy atom. The fourth-order valence-corrected chi connectivity index (χ4v) is 4.07. The van der Waals surface area contributed by atoms with Crippen molar-refractivity contribution in [1.82, 2.24) is 4.90 Å². The molecule has 0 unspecified atom stereocenters. The molecule has 0 radical (unpaired) electrons. The number of carbonyl (C=O) groups is 1. The van der Waals surface area contributed by atoms with E-state index in [0.29, 0.717) is 13.1 Å². The molecule has 2 aromatic carbocycles. The number of halogens is 1. The molecular formula is C18H20INO3S. The Morgan fingerprint density at radius 3 is 2.29 bits per heavy atom. The third kappa shape index (κ3) is 4.80. The summed E-state index contributed by atoms with van der Waals surface area (Å²) in [6.07, 6.45) is 0. The van der Waals surface area contributed by atoms with Crippen LogP contribution in [0.15, 0.2) is 53.4 Å². The zero-order valence-electron chi connectivity index (χ0n) is 13.7. The Balaban J connectivity index is 2.14. The lowest BCUT2D eigenvalue weighted by Crippen LogP contribution is -2.35. The molecule has 2 rings (SSSR count). The van der Waals surface area contributed by atoms with Gasteiger partial charge in [0, 0.05) is 16.7 Å². The number of benzene rings is 2. The second-order valence-corrected chi connectivity index (χ2v) is 8.72. The molecule has 0 spiro atoms. The Kier molecular flexibility index (Phi) is 6.40. The third-order valence-corrected chi connectivity index (χ3v) is 6.42. The van der Waals surface area contributed by atoms with E-state index >= 15 is 0 Å². The predicted octanol–water partition coefficient (Wildman–Crippen LogP) is 3.42. The van der Waals surface area contributed by atoms with E-state index in [9.17, 15) is 13.2 Å². The number of rotatable bonds is 6.